The molecule has 0 unspecified atom stereocenters. The lowest BCUT2D eigenvalue weighted by atomic mass is 9.89. The zero-order chi connectivity index (χ0) is 22.0. The van der Waals surface area contributed by atoms with Crippen LogP contribution in [0.2, 0.25) is 0 Å². The number of carbonyl (C=O) groups is 1. The van der Waals surface area contributed by atoms with E-state index < -0.39 is 6.10 Å². The minimum atomic E-state index is -0.582. The maximum Gasteiger partial charge on any atom is 0.261 e. The number of fused-ring (bicyclic) bond motifs is 2. The van der Waals surface area contributed by atoms with Gasteiger partial charge in [0.1, 0.15) is 22.8 Å². The highest BCUT2D eigenvalue weighted by molar-refractivity contribution is 5.84. The molecule has 1 aliphatic heterocycles. The van der Waals surface area contributed by atoms with E-state index in [4.69, 9.17) is 14.2 Å². The molecule has 5 nitrogen and oxygen atoms in total. The van der Waals surface area contributed by atoms with Gasteiger partial charge in [0.15, 0.2) is 6.10 Å². The van der Waals surface area contributed by atoms with Crippen LogP contribution < -0.4 is 19.5 Å². The Balaban J connectivity index is 1.54. The number of amides is 1. The average molecular weight is 420 g/mol. The fourth-order valence-corrected chi connectivity index (χ4v) is 4.08. The van der Waals surface area contributed by atoms with E-state index in [1.54, 1.807) is 7.11 Å². The van der Waals surface area contributed by atoms with Crippen LogP contribution in [0.1, 0.15) is 45.2 Å². The van der Waals surface area contributed by atoms with Gasteiger partial charge < -0.3 is 19.5 Å². The van der Waals surface area contributed by atoms with Crippen LogP contribution in [0.3, 0.4) is 0 Å². The third kappa shape index (κ3) is 4.61. The van der Waals surface area contributed by atoms with Crippen molar-refractivity contribution in [2.75, 3.05) is 7.11 Å². The number of hydrogen-bond acceptors (Lipinski definition) is 4. The van der Waals surface area contributed by atoms with Gasteiger partial charge in [-0.2, -0.15) is 0 Å². The molecule has 1 amide bonds. The molecule has 1 N–H and O–H groups in total. The predicted molar refractivity (Wildman–Crippen MR) is 122 cm³/mol. The van der Waals surface area contributed by atoms with Gasteiger partial charge in [-0.05, 0) is 61.4 Å². The lowest BCUT2D eigenvalue weighted by molar-refractivity contribution is -0.129. The maximum atomic E-state index is 13.2. The van der Waals surface area contributed by atoms with Crippen molar-refractivity contribution in [1.29, 1.82) is 0 Å². The molecule has 3 aromatic rings. The van der Waals surface area contributed by atoms with Crippen molar-refractivity contribution in [3.8, 4) is 17.2 Å². The van der Waals surface area contributed by atoms with E-state index >= 15 is 0 Å². The zero-order valence-corrected chi connectivity index (χ0v) is 18.5. The number of benzene rings is 3. The Morgan fingerprint density at radius 1 is 1.10 bits per heavy atom. The summed E-state index contributed by atoms with van der Waals surface area (Å²) in [6.45, 7) is 6.01. The van der Waals surface area contributed by atoms with E-state index in [0.717, 1.165) is 27.8 Å². The summed E-state index contributed by atoms with van der Waals surface area (Å²) in [5.74, 6) is 2.06. The molecule has 31 heavy (non-hydrogen) atoms. The summed E-state index contributed by atoms with van der Waals surface area (Å²) >= 11 is 0. The average Bonchev–Trinajstić information content (AvgIpc) is 2.76. The molecule has 0 bridgehead atoms. The van der Waals surface area contributed by atoms with Gasteiger partial charge in [-0.1, -0.05) is 37.3 Å². The second-order valence-electron chi connectivity index (χ2n) is 8.55. The molecular weight excluding hydrogens is 390 g/mol. The van der Waals surface area contributed by atoms with Gasteiger partial charge in [-0.15, -0.1) is 0 Å². The van der Waals surface area contributed by atoms with Gasteiger partial charge in [0, 0.05) is 12.0 Å². The van der Waals surface area contributed by atoms with Crippen molar-refractivity contribution in [2.24, 2.45) is 0 Å². The molecule has 0 saturated heterocycles. The molecule has 4 rings (SSSR count). The molecule has 1 aliphatic rings. The summed E-state index contributed by atoms with van der Waals surface area (Å²) in [6.07, 6.45) is 0.642. The van der Waals surface area contributed by atoms with Crippen molar-refractivity contribution in [3.05, 3.63) is 66.2 Å². The number of hydrogen-bond donors (Lipinski definition) is 1. The third-order valence-electron chi connectivity index (χ3n) is 5.65. The molecule has 0 saturated carbocycles. The molecule has 0 aromatic heterocycles. The number of nitrogens with one attached hydrogen (secondary N) is 1. The normalized spacial score (nSPS) is 17.9. The SMILES string of the molecule is CC[C@H](Oc1ccc2ccccc2c1)C(=O)N[C@@H]1CC(C)(C)Oc2ccc(OC)cc21. The molecule has 5 heteroatoms. The summed E-state index contributed by atoms with van der Waals surface area (Å²) < 4.78 is 17.6. The summed E-state index contributed by atoms with van der Waals surface area (Å²) in [4.78, 5) is 13.2. The Bertz CT molecular complexity index is 1090. The largest absolute Gasteiger partial charge is 0.497 e. The van der Waals surface area contributed by atoms with Crippen molar-refractivity contribution in [1.82, 2.24) is 5.32 Å². The van der Waals surface area contributed by atoms with Crippen molar-refractivity contribution in [3.63, 3.8) is 0 Å². The van der Waals surface area contributed by atoms with E-state index in [1.807, 2.05) is 75.4 Å². The minimum absolute atomic E-state index is 0.132. The number of ether oxygens (including phenoxy) is 3. The second kappa shape index (κ2) is 8.50. The number of rotatable bonds is 6. The van der Waals surface area contributed by atoms with E-state index in [9.17, 15) is 4.79 Å². The minimum Gasteiger partial charge on any atom is -0.497 e. The van der Waals surface area contributed by atoms with Gasteiger partial charge >= 0.3 is 0 Å². The molecular formula is C26H29NO4. The zero-order valence-electron chi connectivity index (χ0n) is 18.5. The fourth-order valence-electron chi connectivity index (χ4n) is 4.08. The van der Waals surface area contributed by atoms with Crippen LogP contribution in [0.15, 0.2) is 60.7 Å². The van der Waals surface area contributed by atoms with Crippen molar-refractivity contribution in [2.45, 2.75) is 51.4 Å². The number of carbonyl (C=O) groups excluding carboxylic acids is 1. The summed E-state index contributed by atoms with van der Waals surface area (Å²) in [5, 5.41) is 5.42. The van der Waals surface area contributed by atoms with Crippen molar-refractivity contribution < 1.29 is 19.0 Å². The Morgan fingerprint density at radius 2 is 1.84 bits per heavy atom. The van der Waals surface area contributed by atoms with Crippen LogP contribution in [-0.2, 0) is 4.79 Å². The first-order valence-corrected chi connectivity index (χ1v) is 10.7. The van der Waals surface area contributed by atoms with Crippen molar-refractivity contribution >= 4 is 16.7 Å². The Morgan fingerprint density at radius 3 is 2.58 bits per heavy atom. The van der Waals surface area contributed by atoms with Gasteiger partial charge in [-0.3, -0.25) is 4.79 Å². The molecule has 1 heterocycles. The van der Waals surface area contributed by atoms with E-state index in [-0.39, 0.29) is 17.6 Å². The van der Waals surface area contributed by atoms with Gasteiger partial charge in [0.2, 0.25) is 0 Å². The predicted octanol–water partition coefficient (Wildman–Crippen LogP) is 5.42. The van der Waals surface area contributed by atoms with E-state index in [2.05, 4.69) is 11.4 Å². The topological polar surface area (TPSA) is 56.8 Å². The first-order valence-electron chi connectivity index (χ1n) is 10.7. The van der Waals surface area contributed by atoms with Crippen LogP contribution in [0.5, 0.6) is 17.2 Å². The molecule has 0 radical (unpaired) electrons. The van der Waals surface area contributed by atoms with Gasteiger partial charge in [0.25, 0.3) is 5.91 Å². The molecule has 2 atom stereocenters. The van der Waals surface area contributed by atoms with Gasteiger partial charge in [-0.25, -0.2) is 0 Å². The first-order chi connectivity index (χ1) is 14.9. The molecule has 3 aromatic carbocycles. The number of methoxy groups -OCH3 is 1. The molecule has 0 aliphatic carbocycles. The molecule has 162 valence electrons. The fraction of sp³-hybridized carbons (Fsp3) is 0.346. The van der Waals surface area contributed by atoms with Crippen LogP contribution in [-0.4, -0.2) is 24.7 Å². The van der Waals surface area contributed by atoms with Crippen LogP contribution in [0.4, 0.5) is 0 Å². The summed E-state index contributed by atoms with van der Waals surface area (Å²) in [5.41, 5.74) is 0.535. The molecule has 0 fully saturated rings. The van der Waals surface area contributed by atoms with Gasteiger partial charge in [0.05, 0.1) is 13.2 Å². The van der Waals surface area contributed by atoms with E-state index in [1.165, 1.54) is 0 Å². The Kier molecular flexibility index (Phi) is 5.77. The Hall–Kier alpha value is -3.21. The highest BCUT2D eigenvalue weighted by Gasteiger charge is 2.36. The smallest absolute Gasteiger partial charge is 0.261 e. The van der Waals surface area contributed by atoms with E-state index in [0.29, 0.717) is 18.6 Å². The summed E-state index contributed by atoms with van der Waals surface area (Å²) in [6, 6.07) is 19.5. The standard InChI is InChI=1S/C26H29NO4/c1-5-23(30-20-11-10-17-8-6-7-9-18(17)14-20)25(28)27-22-16-26(2,3)31-24-13-12-19(29-4)15-21(22)24/h6-15,22-23H,5,16H2,1-4H3,(H,27,28)/t22-,23+/m1/s1. The highest BCUT2D eigenvalue weighted by Crippen LogP contribution is 2.41. The quantitative estimate of drug-likeness (QED) is 0.579. The lowest BCUT2D eigenvalue weighted by Gasteiger charge is -2.38. The Labute approximate surface area is 183 Å². The van der Waals surface area contributed by atoms with Crippen LogP contribution in [0.25, 0.3) is 10.8 Å². The maximum absolute atomic E-state index is 13.2. The second-order valence-corrected chi connectivity index (χ2v) is 8.55. The highest BCUT2D eigenvalue weighted by atomic mass is 16.5. The first kappa shape index (κ1) is 21.0. The van der Waals surface area contributed by atoms with Crippen LogP contribution in [0, 0.1) is 0 Å². The third-order valence-corrected chi connectivity index (χ3v) is 5.65. The molecule has 0 spiro atoms. The lowest BCUT2D eigenvalue weighted by Crippen LogP contribution is -2.45. The van der Waals surface area contributed by atoms with Crippen LogP contribution >= 0.6 is 0 Å². The monoisotopic (exact) mass is 419 g/mol. The summed E-state index contributed by atoms with van der Waals surface area (Å²) in [7, 11) is 1.63.